The van der Waals surface area contributed by atoms with Gasteiger partial charge in [-0.1, -0.05) is 23.2 Å². The number of halogens is 2. The first kappa shape index (κ1) is 15.7. The maximum absolute atomic E-state index is 6.13. The lowest BCUT2D eigenvalue weighted by Crippen LogP contribution is -2.26. The molecule has 0 aliphatic heterocycles. The second-order valence-electron chi connectivity index (χ2n) is 4.50. The third-order valence-corrected chi connectivity index (χ3v) is 4.33. The first-order chi connectivity index (χ1) is 8.39. The van der Waals surface area contributed by atoms with E-state index in [1.165, 1.54) is 0 Å². The monoisotopic (exact) mass is 307 g/mol. The van der Waals surface area contributed by atoms with Gasteiger partial charge in [0.05, 0.1) is 10.0 Å². The number of hydrogen-bond donors (Lipinski definition) is 2. The van der Waals surface area contributed by atoms with Gasteiger partial charge in [-0.3, -0.25) is 0 Å². The summed E-state index contributed by atoms with van der Waals surface area (Å²) in [5.74, 6) is 1.33. The van der Waals surface area contributed by atoms with Crippen LogP contribution in [-0.2, 0) is 0 Å². The number of thioether (sulfide) groups is 1. The molecule has 18 heavy (non-hydrogen) atoms. The van der Waals surface area contributed by atoms with Crippen molar-refractivity contribution in [3.63, 3.8) is 0 Å². The van der Waals surface area contributed by atoms with E-state index in [0.29, 0.717) is 21.7 Å². The summed E-state index contributed by atoms with van der Waals surface area (Å²) < 4.78 is 0.128. The summed E-state index contributed by atoms with van der Waals surface area (Å²) >= 11 is 14.0. The minimum Gasteiger partial charge on any atom is -0.369 e. The van der Waals surface area contributed by atoms with E-state index < -0.39 is 0 Å². The molecule has 102 valence electrons. The fourth-order valence-corrected chi connectivity index (χ4v) is 1.96. The molecule has 0 aromatic carbocycles. The van der Waals surface area contributed by atoms with E-state index in [-0.39, 0.29) is 4.75 Å². The Labute approximate surface area is 123 Å². The van der Waals surface area contributed by atoms with Gasteiger partial charge in [0.2, 0.25) is 0 Å². The Morgan fingerprint density at radius 2 is 1.78 bits per heavy atom. The maximum Gasteiger partial charge on any atom is 0.147 e. The molecule has 1 aromatic rings. The summed E-state index contributed by atoms with van der Waals surface area (Å²) in [6.07, 6.45) is 2.09. The van der Waals surface area contributed by atoms with Crippen LogP contribution in [-0.4, -0.2) is 29.1 Å². The Morgan fingerprint density at radius 1 is 1.22 bits per heavy atom. The van der Waals surface area contributed by atoms with Crippen LogP contribution in [0.25, 0.3) is 0 Å². The van der Waals surface area contributed by atoms with Gasteiger partial charge >= 0.3 is 0 Å². The molecule has 1 aromatic heterocycles. The summed E-state index contributed by atoms with van der Waals surface area (Å²) in [6.45, 7) is 7.88. The number of nitrogens with one attached hydrogen (secondary N) is 2. The molecule has 2 N–H and O–H groups in total. The smallest absolute Gasteiger partial charge is 0.147 e. The average Bonchev–Trinajstić information content (AvgIpc) is 2.31. The van der Waals surface area contributed by atoms with E-state index in [0.717, 1.165) is 13.1 Å². The Morgan fingerprint density at radius 3 is 2.28 bits per heavy atom. The molecule has 0 aliphatic carbocycles. The number of anilines is 2. The van der Waals surface area contributed by atoms with Crippen molar-refractivity contribution < 1.29 is 0 Å². The van der Waals surface area contributed by atoms with Crippen molar-refractivity contribution in [2.75, 3.05) is 30.0 Å². The molecular weight excluding hydrogens is 289 g/mol. The molecule has 0 bridgehead atoms. The minimum atomic E-state index is 0.128. The van der Waals surface area contributed by atoms with Gasteiger partial charge in [0.25, 0.3) is 0 Å². The zero-order valence-electron chi connectivity index (χ0n) is 11.1. The Hall–Kier alpha value is -0.320. The molecule has 0 amide bonds. The van der Waals surface area contributed by atoms with Crippen LogP contribution >= 0.6 is 35.0 Å². The van der Waals surface area contributed by atoms with Crippen LogP contribution in [0.3, 0.4) is 0 Å². The summed E-state index contributed by atoms with van der Waals surface area (Å²) in [5, 5.41) is 7.45. The lowest BCUT2D eigenvalue weighted by molar-refractivity contribution is 0.750. The van der Waals surface area contributed by atoms with Gasteiger partial charge in [0, 0.05) is 17.8 Å². The highest BCUT2D eigenvalue weighted by Gasteiger charge is 2.17. The summed E-state index contributed by atoms with van der Waals surface area (Å²) in [6, 6.07) is 1.71. The van der Waals surface area contributed by atoms with Crippen LogP contribution in [0.1, 0.15) is 20.8 Å². The van der Waals surface area contributed by atoms with Crippen molar-refractivity contribution >= 4 is 46.6 Å². The zero-order chi connectivity index (χ0) is 13.8. The predicted molar refractivity (Wildman–Crippen MR) is 84.5 cm³/mol. The van der Waals surface area contributed by atoms with Crippen molar-refractivity contribution in [3.8, 4) is 0 Å². The van der Waals surface area contributed by atoms with Crippen LogP contribution in [0.5, 0.6) is 0 Å². The molecule has 0 fully saturated rings. The quantitative estimate of drug-likeness (QED) is 0.818. The topological polar surface area (TPSA) is 37.0 Å². The maximum atomic E-state index is 6.13. The van der Waals surface area contributed by atoms with Gasteiger partial charge in [-0.15, -0.1) is 0 Å². The van der Waals surface area contributed by atoms with E-state index in [2.05, 4.69) is 35.7 Å². The fourth-order valence-electron chi connectivity index (χ4n) is 1.25. The standard InChI is InChI=1S/C12H19Cl2N3S/c1-5-15-10-8(13)6-9(14)11(17-10)16-7-12(2,3)18-4/h6H,5,7H2,1-4H3,(H2,15,16,17). The van der Waals surface area contributed by atoms with E-state index in [9.17, 15) is 0 Å². The Bertz CT molecular complexity index is 411. The van der Waals surface area contributed by atoms with Gasteiger partial charge in [0.15, 0.2) is 0 Å². The van der Waals surface area contributed by atoms with E-state index >= 15 is 0 Å². The van der Waals surface area contributed by atoms with Crippen LogP contribution in [0, 0.1) is 0 Å². The number of nitrogens with zero attached hydrogens (tertiary/aromatic N) is 1. The van der Waals surface area contributed by atoms with Gasteiger partial charge in [-0.2, -0.15) is 11.8 Å². The molecule has 0 radical (unpaired) electrons. The zero-order valence-corrected chi connectivity index (χ0v) is 13.4. The fraction of sp³-hybridized carbons (Fsp3) is 0.583. The van der Waals surface area contributed by atoms with Crippen molar-refractivity contribution in [1.82, 2.24) is 4.98 Å². The predicted octanol–water partition coefficient (Wildman–Crippen LogP) is 4.37. The van der Waals surface area contributed by atoms with Crippen LogP contribution < -0.4 is 10.6 Å². The minimum absolute atomic E-state index is 0.128. The van der Waals surface area contributed by atoms with E-state index in [4.69, 9.17) is 23.2 Å². The first-order valence-corrected chi connectivity index (χ1v) is 7.76. The molecule has 0 atom stereocenters. The molecule has 0 spiro atoms. The SMILES string of the molecule is CCNc1nc(NCC(C)(C)SC)c(Cl)cc1Cl. The highest BCUT2D eigenvalue weighted by Crippen LogP contribution is 2.30. The highest BCUT2D eigenvalue weighted by atomic mass is 35.5. The van der Waals surface area contributed by atoms with Gasteiger partial charge in [-0.25, -0.2) is 4.98 Å². The summed E-state index contributed by atoms with van der Waals surface area (Å²) in [5.41, 5.74) is 0. The number of aromatic nitrogens is 1. The van der Waals surface area contributed by atoms with Crippen LogP contribution in [0.2, 0.25) is 10.0 Å². The molecule has 0 saturated carbocycles. The van der Waals surface area contributed by atoms with E-state index in [1.807, 2.05) is 6.92 Å². The lowest BCUT2D eigenvalue weighted by atomic mass is 10.2. The van der Waals surface area contributed by atoms with E-state index in [1.54, 1.807) is 17.8 Å². The summed E-state index contributed by atoms with van der Waals surface area (Å²) in [7, 11) is 0. The first-order valence-electron chi connectivity index (χ1n) is 5.78. The van der Waals surface area contributed by atoms with Crippen molar-refractivity contribution in [1.29, 1.82) is 0 Å². The van der Waals surface area contributed by atoms with Gasteiger partial charge in [-0.05, 0) is 33.1 Å². The molecule has 1 rings (SSSR count). The largest absolute Gasteiger partial charge is 0.369 e. The van der Waals surface area contributed by atoms with Crippen molar-refractivity contribution in [3.05, 3.63) is 16.1 Å². The van der Waals surface area contributed by atoms with Crippen molar-refractivity contribution in [2.45, 2.75) is 25.5 Å². The average molecular weight is 308 g/mol. The highest BCUT2D eigenvalue weighted by molar-refractivity contribution is 7.99. The third kappa shape index (κ3) is 4.41. The number of hydrogen-bond acceptors (Lipinski definition) is 4. The number of rotatable bonds is 6. The number of pyridine rings is 1. The molecule has 0 aliphatic rings. The van der Waals surface area contributed by atoms with Crippen LogP contribution in [0.15, 0.2) is 6.07 Å². The van der Waals surface area contributed by atoms with Crippen molar-refractivity contribution in [2.24, 2.45) is 0 Å². The van der Waals surface area contributed by atoms with Crippen LogP contribution in [0.4, 0.5) is 11.6 Å². The molecule has 1 heterocycles. The van der Waals surface area contributed by atoms with Gasteiger partial charge in [0.1, 0.15) is 11.6 Å². The third-order valence-electron chi connectivity index (χ3n) is 2.51. The normalized spacial score (nSPS) is 11.4. The Balaban J connectivity index is 2.85. The summed E-state index contributed by atoms with van der Waals surface area (Å²) in [4.78, 5) is 4.40. The Kier molecular flexibility index (Phi) is 5.89. The molecule has 6 heteroatoms. The molecule has 3 nitrogen and oxygen atoms in total. The second kappa shape index (κ2) is 6.73. The molecular formula is C12H19Cl2N3S. The van der Waals surface area contributed by atoms with Gasteiger partial charge < -0.3 is 10.6 Å². The lowest BCUT2D eigenvalue weighted by Gasteiger charge is -2.23. The second-order valence-corrected chi connectivity index (χ2v) is 6.82. The molecule has 0 unspecified atom stereocenters. The molecule has 0 saturated heterocycles.